The van der Waals surface area contributed by atoms with Crippen molar-refractivity contribution in [2.24, 2.45) is 5.92 Å². The van der Waals surface area contributed by atoms with Crippen LogP contribution in [0, 0.1) is 5.92 Å². The van der Waals surface area contributed by atoms with Crippen LogP contribution in [0.3, 0.4) is 0 Å². The molecule has 1 rings (SSSR count). The molecule has 112 valence electrons. The number of benzene rings is 1. The lowest BCUT2D eigenvalue weighted by molar-refractivity contribution is -0.140. The topological polar surface area (TPSA) is 66.8 Å². The molecule has 0 heterocycles. The first-order valence-electron chi connectivity index (χ1n) is 7.05. The summed E-state index contributed by atoms with van der Waals surface area (Å²) in [4.78, 5) is 11.0. The monoisotopic (exact) mass is 280 g/mol. The zero-order chi connectivity index (χ0) is 14.8. The largest absolute Gasteiger partial charge is 0.469 e. The van der Waals surface area contributed by atoms with Gasteiger partial charge in [-0.1, -0.05) is 30.3 Å². The number of rotatable bonds is 9. The van der Waals surface area contributed by atoms with Crippen LogP contribution in [0.25, 0.3) is 0 Å². The van der Waals surface area contributed by atoms with Crippen LogP contribution >= 0.6 is 0 Å². The van der Waals surface area contributed by atoms with Crippen molar-refractivity contribution in [3.63, 3.8) is 0 Å². The summed E-state index contributed by atoms with van der Waals surface area (Å²) in [7, 11) is 1.36. The van der Waals surface area contributed by atoms with Crippen molar-refractivity contribution in [2.45, 2.75) is 38.2 Å². The second-order valence-corrected chi connectivity index (χ2v) is 5.10. The minimum Gasteiger partial charge on any atom is -0.469 e. The molecule has 0 fully saturated rings. The first-order chi connectivity index (χ1) is 9.65. The van der Waals surface area contributed by atoms with Crippen LogP contribution in [-0.2, 0) is 16.0 Å². The third-order valence-electron chi connectivity index (χ3n) is 3.38. The highest BCUT2D eigenvalue weighted by atomic mass is 16.5. The van der Waals surface area contributed by atoms with Gasteiger partial charge in [0.05, 0.1) is 13.2 Å². The highest BCUT2D eigenvalue weighted by Crippen LogP contribution is 2.16. The number of carbonyl (C=O) groups is 1. The van der Waals surface area contributed by atoms with E-state index < -0.39 is 6.10 Å². The number of carbonyl (C=O) groups excluding carboxylic acids is 1. The van der Waals surface area contributed by atoms with E-state index in [-0.39, 0.29) is 18.5 Å². The van der Waals surface area contributed by atoms with Crippen LogP contribution in [0.5, 0.6) is 0 Å². The van der Waals surface area contributed by atoms with Crippen LogP contribution in [0.15, 0.2) is 30.3 Å². The van der Waals surface area contributed by atoms with Crippen LogP contribution in [0.4, 0.5) is 0 Å². The predicted molar refractivity (Wildman–Crippen MR) is 77.2 cm³/mol. The Morgan fingerprint density at radius 1 is 1.30 bits per heavy atom. The molecule has 4 nitrogen and oxygen atoms in total. The fourth-order valence-electron chi connectivity index (χ4n) is 2.26. The molecule has 0 bridgehead atoms. The fourth-order valence-corrected chi connectivity index (χ4v) is 2.26. The molecule has 0 amide bonds. The molecule has 0 radical (unpaired) electrons. The van der Waals surface area contributed by atoms with Gasteiger partial charge in [0.1, 0.15) is 0 Å². The quantitative estimate of drug-likeness (QED) is 0.678. The van der Waals surface area contributed by atoms with E-state index in [4.69, 9.17) is 0 Å². The Hall–Kier alpha value is -1.39. The number of methoxy groups -OCH3 is 1. The summed E-state index contributed by atoms with van der Waals surface area (Å²) in [5.41, 5.74) is 1.16. The molecule has 0 aliphatic heterocycles. The Balaban J connectivity index is 2.30. The molecule has 0 spiro atoms. The Morgan fingerprint density at radius 2 is 2.00 bits per heavy atom. The van der Waals surface area contributed by atoms with Crippen molar-refractivity contribution >= 4 is 5.97 Å². The number of aliphatic hydroxyl groups is 2. The molecule has 0 aromatic heterocycles. The van der Waals surface area contributed by atoms with Gasteiger partial charge in [0.15, 0.2) is 0 Å². The Kier molecular flexibility index (Phi) is 7.92. The molecule has 0 saturated carbocycles. The van der Waals surface area contributed by atoms with Gasteiger partial charge in [-0.3, -0.25) is 4.79 Å². The van der Waals surface area contributed by atoms with Crippen molar-refractivity contribution in [2.75, 3.05) is 13.7 Å². The van der Waals surface area contributed by atoms with E-state index in [1.165, 1.54) is 7.11 Å². The van der Waals surface area contributed by atoms with Gasteiger partial charge in [-0.2, -0.15) is 0 Å². The summed E-state index contributed by atoms with van der Waals surface area (Å²) in [6.07, 6.45) is 2.31. The molecule has 0 saturated heterocycles. The standard InChI is InChI=1S/C16H24O4/c1-20-16(19)9-5-8-15(18)11-14(12-17)10-13-6-3-2-4-7-13/h2-4,6-7,14-15,17-18H,5,8-12H2,1H3. The maximum atomic E-state index is 11.0. The average molecular weight is 280 g/mol. The maximum absolute atomic E-state index is 11.0. The smallest absolute Gasteiger partial charge is 0.305 e. The van der Waals surface area contributed by atoms with Gasteiger partial charge in [-0.25, -0.2) is 0 Å². The zero-order valence-electron chi connectivity index (χ0n) is 12.0. The molecule has 2 N–H and O–H groups in total. The highest BCUT2D eigenvalue weighted by Gasteiger charge is 2.15. The highest BCUT2D eigenvalue weighted by molar-refractivity contribution is 5.68. The molecular formula is C16H24O4. The Labute approximate surface area is 120 Å². The van der Waals surface area contributed by atoms with E-state index in [2.05, 4.69) is 4.74 Å². The minimum atomic E-state index is -0.486. The number of ether oxygens (including phenoxy) is 1. The van der Waals surface area contributed by atoms with Crippen molar-refractivity contribution in [1.29, 1.82) is 0 Å². The number of esters is 1. The normalized spacial score (nSPS) is 13.8. The van der Waals surface area contributed by atoms with E-state index in [0.29, 0.717) is 25.7 Å². The average Bonchev–Trinajstić information content (AvgIpc) is 2.47. The van der Waals surface area contributed by atoms with Gasteiger partial charge in [0.25, 0.3) is 0 Å². The van der Waals surface area contributed by atoms with Crippen molar-refractivity contribution in [3.8, 4) is 0 Å². The van der Waals surface area contributed by atoms with Crippen molar-refractivity contribution in [1.82, 2.24) is 0 Å². The lowest BCUT2D eigenvalue weighted by atomic mass is 9.93. The van der Waals surface area contributed by atoms with Crippen LogP contribution in [0.2, 0.25) is 0 Å². The second-order valence-electron chi connectivity index (χ2n) is 5.10. The van der Waals surface area contributed by atoms with Crippen LogP contribution in [0.1, 0.15) is 31.2 Å². The first kappa shape index (κ1) is 16.7. The van der Waals surface area contributed by atoms with Crippen LogP contribution < -0.4 is 0 Å². The van der Waals surface area contributed by atoms with Gasteiger partial charge in [0, 0.05) is 13.0 Å². The van der Waals surface area contributed by atoms with E-state index in [1.54, 1.807) is 0 Å². The Bertz CT molecular complexity index is 377. The summed E-state index contributed by atoms with van der Waals surface area (Å²) < 4.78 is 4.55. The van der Waals surface area contributed by atoms with E-state index >= 15 is 0 Å². The van der Waals surface area contributed by atoms with Crippen molar-refractivity contribution in [3.05, 3.63) is 35.9 Å². The molecular weight excluding hydrogens is 256 g/mol. The third kappa shape index (κ3) is 6.68. The zero-order valence-corrected chi connectivity index (χ0v) is 12.0. The molecule has 0 aliphatic rings. The van der Waals surface area contributed by atoms with Gasteiger partial charge < -0.3 is 14.9 Å². The van der Waals surface area contributed by atoms with Gasteiger partial charge in [-0.15, -0.1) is 0 Å². The first-order valence-corrected chi connectivity index (χ1v) is 7.05. The predicted octanol–water partition coefficient (Wildman–Crippen LogP) is 1.93. The van der Waals surface area contributed by atoms with E-state index in [9.17, 15) is 15.0 Å². The summed E-state index contributed by atoms with van der Waals surface area (Å²) >= 11 is 0. The minimum absolute atomic E-state index is 0.0468. The van der Waals surface area contributed by atoms with Gasteiger partial charge >= 0.3 is 5.97 Å². The molecule has 1 aromatic rings. The Morgan fingerprint density at radius 3 is 2.60 bits per heavy atom. The molecule has 1 aromatic carbocycles. The van der Waals surface area contributed by atoms with E-state index in [1.807, 2.05) is 30.3 Å². The number of aliphatic hydroxyl groups excluding tert-OH is 2. The molecule has 20 heavy (non-hydrogen) atoms. The lowest BCUT2D eigenvalue weighted by Gasteiger charge is -2.18. The second kappa shape index (κ2) is 9.50. The molecule has 2 unspecified atom stereocenters. The lowest BCUT2D eigenvalue weighted by Crippen LogP contribution is -2.19. The summed E-state index contributed by atoms with van der Waals surface area (Å²) in [6.45, 7) is 0.0585. The maximum Gasteiger partial charge on any atom is 0.305 e. The van der Waals surface area contributed by atoms with Gasteiger partial charge in [-0.05, 0) is 37.2 Å². The molecule has 2 atom stereocenters. The number of hydrogen-bond donors (Lipinski definition) is 2. The van der Waals surface area contributed by atoms with Crippen molar-refractivity contribution < 1.29 is 19.7 Å². The summed E-state index contributed by atoms with van der Waals surface area (Å²) in [5, 5.41) is 19.4. The SMILES string of the molecule is COC(=O)CCCC(O)CC(CO)Cc1ccccc1. The van der Waals surface area contributed by atoms with E-state index in [0.717, 1.165) is 12.0 Å². The summed E-state index contributed by atoms with van der Waals surface area (Å²) in [6, 6.07) is 9.94. The molecule has 0 aliphatic carbocycles. The number of hydrogen-bond acceptors (Lipinski definition) is 4. The summed E-state index contributed by atoms with van der Waals surface area (Å²) in [5.74, 6) is -0.203. The fraction of sp³-hybridized carbons (Fsp3) is 0.562. The van der Waals surface area contributed by atoms with Crippen LogP contribution in [-0.4, -0.2) is 36.0 Å². The third-order valence-corrected chi connectivity index (χ3v) is 3.38. The van der Waals surface area contributed by atoms with Gasteiger partial charge in [0.2, 0.25) is 0 Å². The molecule has 4 heteroatoms.